The minimum absolute atomic E-state index is 0.133. The van der Waals surface area contributed by atoms with Crippen LogP contribution in [-0.2, 0) is 13.1 Å². The average Bonchev–Trinajstić information content (AvgIpc) is 3.00. The van der Waals surface area contributed by atoms with E-state index < -0.39 is 11.6 Å². The van der Waals surface area contributed by atoms with E-state index in [1.54, 1.807) is 4.90 Å². The van der Waals surface area contributed by atoms with Crippen molar-refractivity contribution >= 4 is 28.5 Å². The third kappa shape index (κ3) is 4.17. The number of aromatic amines is 1. The SMILES string of the molecule is CCCN(Cc1[nH]c2ccc(Cl)cc2[n+]1CCC)C(=O)c1ccc(F)c(F)c1. The highest BCUT2D eigenvalue weighted by atomic mass is 35.5. The fourth-order valence-electron chi connectivity index (χ4n) is 3.32. The Hall–Kier alpha value is -2.47. The first kappa shape index (κ1) is 20.3. The number of nitrogens with one attached hydrogen (secondary N) is 1. The van der Waals surface area contributed by atoms with Crippen molar-refractivity contribution in [2.45, 2.75) is 39.8 Å². The molecule has 0 radical (unpaired) electrons. The van der Waals surface area contributed by atoms with Crippen molar-refractivity contribution in [1.82, 2.24) is 9.88 Å². The fraction of sp³-hybridized carbons (Fsp3) is 0.333. The van der Waals surface area contributed by atoms with Crippen LogP contribution in [0.1, 0.15) is 42.9 Å². The van der Waals surface area contributed by atoms with Crippen LogP contribution in [0.15, 0.2) is 36.4 Å². The first-order chi connectivity index (χ1) is 13.4. The Morgan fingerprint density at radius 3 is 2.57 bits per heavy atom. The van der Waals surface area contributed by atoms with Crippen molar-refractivity contribution in [2.24, 2.45) is 0 Å². The normalized spacial score (nSPS) is 11.2. The molecule has 0 spiro atoms. The molecule has 2 aromatic carbocycles. The van der Waals surface area contributed by atoms with Gasteiger partial charge in [0.1, 0.15) is 6.54 Å². The summed E-state index contributed by atoms with van der Waals surface area (Å²) < 4.78 is 28.9. The Bertz CT molecular complexity index is 1000. The molecule has 0 aliphatic carbocycles. The van der Waals surface area contributed by atoms with Crippen LogP contribution in [0.3, 0.4) is 0 Å². The molecule has 0 bridgehead atoms. The second kappa shape index (κ2) is 8.69. The van der Waals surface area contributed by atoms with Crippen LogP contribution >= 0.6 is 11.6 Å². The Balaban J connectivity index is 1.96. The molecule has 0 atom stereocenters. The van der Waals surface area contributed by atoms with Crippen LogP contribution in [0.5, 0.6) is 0 Å². The lowest BCUT2D eigenvalue weighted by molar-refractivity contribution is -0.679. The summed E-state index contributed by atoms with van der Waals surface area (Å²) in [5.74, 6) is -1.46. The van der Waals surface area contributed by atoms with Gasteiger partial charge < -0.3 is 4.90 Å². The van der Waals surface area contributed by atoms with Crippen LogP contribution in [0.25, 0.3) is 11.0 Å². The molecule has 148 valence electrons. The summed E-state index contributed by atoms with van der Waals surface area (Å²) in [6.45, 7) is 5.65. The number of fused-ring (bicyclic) bond motifs is 1. The van der Waals surface area contributed by atoms with Gasteiger partial charge in [-0.1, -0.05) is 25.4 Å². The minimum atomic E-state index is -1.02. The van der Waals surface area contributed by atoms with Crippen LogP contribution in [0.2, 0.25) is 5.02 Å². The molecule has 1 N–H and O–H groups in total. The van der Waals surface area contributed by atoms with E-state index >= 15 is 0 Å². The zero-order valence-corrected chi connectivity index (χ0v) is 16.7. The van der Waals surface area contributed by atoms with Gasteiger partial charge in [-0.15, -0.1) is 0 Å². The summed E-state index contributed by atoms with van der Waals surface area (Å²) in [6.07, 6.45) is 1.66. The van der Waals surface area contributed by atoms with Crippen molar-refractivity contribution in [1.29, 1.82) is 0 Å². The molecule has 0 aliphatic heterocycles. The van der Waals surface area contributed by atoms with Gasteiger partial charge in [-0.25, -0.2) is 18.3 Å². The summed E-state index contributed by atoms with van der Waals surface area (Å²) in [5, 5.41) is 0.645. The highest BCUT2D eigenvalue weighted by Gasteiger charge is 2.24. The predicted molar refractivity (Wildman–Crippen MR) is 105 cm³/mol. The van der Waals surface area contributed by atoms with Crippen molar-refractivity contribution in [2.75, 3.05) is 6.54 Å². The van der Waals surface area contributed by atoms with Crippen molar-refractivity contribution in [3.63, 3.8) is 0 Å². The third-order valence-electron chi connectivity index (χ3n) is 4.59. The van der Waals surface area contributed by atoms with Crippen LogP contribution < -0.4 is 4.57 Å². The van der Waals surface area contributed by atoms with E-state index in [1.165, 1.54) is 6.07 Å². The number of amides is 1. The molecule has 0 aliphatic rings. The van der Waals surface area contributed by atoms with Gasteiger partial charge in [-0.05, 0) is 43.2 Å². The van der Waals surface area contributed by atoms with Crippen molar-refractivity contribution in [3.05, 3.63) is 64.4 Å². The average molecular weight is 407 g/mol. The maximum absolute atomic E-state index is 13.6. The Labute approximate surface area is 167 Å². The molecular formula is C21H23ClF2N3O+. The van der Waals surface area contributed by atoms with Gasteiger partial charge in [0.15, 0.2) is 22.7 Å². The smallest absolute Gasteiger partial charge is 0.275 e. The van der Waals surface area contributed by atoms with Gasteiger partial charge in [-0.2, -0.15) is 0 Å². The number of carbonyl (C=O) groups excluding carboxylic acids is 1. The second-order valence-electron chi connectivity index (χ2n) is 6.74. The Kier molecular flexibility index (Phi) is 6.29. The summed E-state index contributed by atoms with van der Waals surface area (Å²) in [4.78, 5) is 17.9. The number of benzene rings is 2. The molecule has 1 aromatic heterocycles. The van der Waals surface area contributed by atoms with Gasteiger partial charge in [0.25, 0.3) is 11.7 Å². The van der Waals surface area contributed by atoms with E-state index in [0.29, 0.717) is 18.1 Å². The monoisotopic (exact) mass is 406 g/mol. The first-order valence-electron chi connectivity index (χ1n) is 9.38. The predicted octanol–water partition coefficient (Wildman–Crippen LogP) is 4.85. The largest absolute Gasteiger partial charge is 0.327 e. The molecule has 1 heterocycles. The molecule has 28 heavy (non-hydrogen) atoms. The van der Waals surface area contributed by atoms with E-state index in [9.17, 15) is 13.6 Å². The molecule has 4 nitrogen and oxygen atoms in total. The zero-order valence-electron chi connectivity index (χ0n) is 15.9. The lowest BCUT2D eigenvalue weighted by atomic mass is 10.2. The van der Waals surface area contributed by atoms with Crippen LogP contribution in [0.4, 0.5) is 8.78 Å². The molecule has 1 amide bonds. The van der Waals surface area contributed by atoms with E-state index in [2.05, 4.69) is 16.5 Å². The van der Waals surface area contributed by atoms with Crippen LogP contribution in [-0.4, -0.2) is 22.3 Å². The minimum Gasteiger partial charge on any atom is -0.327 e. The molecule has 7 heteroatoms. The van der Waals surface area contributed by atoms with Crippen molar-refractivity contribution in [3.8, 4) is 0 Å². The number of H-pyrrole nitrogens is 1. The maximum atomic E-state index is 13.6. The molecule has 0 unspecified atom stereocenters. The molecule has 0 saturated carbocycles. The molecule has 3 rings (SSSR count). The summed E-state index contributed by atoms with van der Waals surface area (Å²) in [7, 11) is 0. The Morgan fingerprint density at radius 2 is 1.89 bits per heavy atom. The van der Waals surface area contributed by atoms with Crippen LogP contribution in [0, 0.1) is 11.6 Å². The number of nitrogens with zero attached hydrogens (tertiary/aromatic N) is 2. The number of carbonyl (C=O) groups is 1. The van der Waals surface area contributed by atoms with Gasteiger partial charge in [0, 0.05) is 23.2 Å². The molecule has 0 fully saturated rings. The van der Waals surface area contributed by atoms with E-state index in [-0.39, 0.29) is 11.5 Å². The maximum Gasteiger partial charge on any atom is 0.275 e. The van der Waals surface area contributed by atoms with Crippen molar-refractivity contribution < 1.29 is 18.1 Å². The standard InChI is InChI=1S/C21H22ClF2N3O/c1-3-9-26(21(28)14-5-7-16(23)17(24)11-14)13-20-25-18-8-6-15(22)12-19(18)27(20)10-4-2/h5-8,11-12H,3-4,9-10,13H2,1-2H3/p+1. The molecule has 3 aromatic rings. The quantitative estimate of drug-likeness (QED) is 0.560. The van der Waals surface area contributed by atoms with E-state index in [4.69, 9.17) is 11.6 Å². The highest BCUT2D eigenvalue weighted by molar-refractivity contribution is 6.31. The van der Waals surface area contributed by atoms with Gasteiger partial charge in [-0.3, -0.25) is 4.79 Å². The summed E-state index contributed by atoms with van der Waals surface area (Å²) in [6, 6.07) is 8.87. The topological polar surface area (TPSA) is 40.0 Å². The number of aryl methyl sites for hydroxylation is 1. The number of imidazole rings is 1. The lowest BCUT2D eigenvalue weighted by Gasteiger charge is -2.20. The number of hydrogen-bond acceptors (Lipinski definition) is 1. The number of halogens is 3. The molecule has 0 saturated heterocycles. The third-order valence-corrected chi connectivity index (χ3v) is 4.83. The second-order valence-corrected chi connectivity index (χ2v) is 7.18. The zero-order chi connectivity index (χ0) is 20.3. The van der Waals surface area contributed by atoms with Gasteiger partial charge in [0.2, 0.25) is 0 Å². The number of aromatic nitrogens is 2. The van der Waals surface area contributed by atoms with E-state index in [0.717, 1.165) is 48.4 Å². The van der Waals surface area contributed by atoms with E-state index in [1.807, 2.05) is 25.1 Å². The highest BCUT2D eigenvalue weighted by Crippen LogP contribution is 2.18. The fourth-order valence-corrected chi connectivity index (χ4v) is 3.49. The van der Waals surface area contributed by atoms with Gasteiger partial charge in [0.05, 0.1) is 6.54 Å². The number of hydrogen-bond donors (Lipinski definition) is 1. The van der Waals surface area contributed by atoms with Gasteiger partial charge >= 0.3 is 0 Å². The summed E-state index contributed by atoms with van der Waals surface area (Å²) in [5.41, 5.74) is 2.04. The Morgan fingerprint density at radius 1 is 1.11 bits per heavy atom. The lowest BCUT2D eigenvalue weighted by Crippen LogP contribution is -2.41. The first-order valence-corrected chi connectivity index (χ1v) is 9.76. The number of rotatable bonds is 7. The summed E-state index contributed by atoms with van der Waals surface area (Å²) >= 11 is 6.16. The molecular weight excluding hydrogens is 384 g/mol.